The summed E-state index contributed by atoms with van der Waals surface area (Å²) in [4.78, 5) is 0. The van der Waals surface area contributed by atoms with E-state index in [1.165, 1.54) is 0 Å². The topological polar surface area (TPSA) is 18.5 Å². The van der Waals surface area contributed by atoms with Crippen LogP contribution >= 0.6 is 11.6 Å². The van der Waals surface area contributed by atoms with Gasteiger partial charge in [-0.1, -0.05) is 39.3 Å². The number of aryl methyl sites for hydroxylation is 1. The van der Waals surface area contributed by atoms with Crippen LogP contribution in [-0.4, -0.2) is 12.7 Å². The molecule has 1 rings (SSSR count). The van der Waals surface area contributed by atoms with Crippen molar-refractivity contribution in [3.8, 4) is 11.5 Å². The third kappa shape index (κ3) is 5.73. The molecule has 0 fully saturated rings. The van der Waals surface area contributed by atoms with Gasteiger partial charge >= 0.3 is 0 Å². The average molecular weight is 287 g/mol. The lowest BCUT2D eigenvalue weighted by molar-refractivity contribution is 0.192. The van der Waals surface area contributed by atoms with Crippen molar-refractivity contribution in [2.75, 3.05) is 6.61 Å². The Hall–Kier alpha value is -0.890. The third-order valence-corrected chi connectivity index (χ3v) is 3.03. The van der Waals surface area contributed by atoms with E-state index in [0.29, 0.717) is 17.4 Å². The molecule has 0 radical (unpaired) electrons. The summed E-state index contributed by atoms with van der Waals surface area (Å²) in [7, 11) is 0. The van der Waals surface area contributed by atoms with Crippen molar-refractivity contribution >= 4 is 11.6 Å². The van der Waals surface area contributed by atoms with Crippen LogP contribution in [0.2, 0.25) is 5.02 Å². The van der Waals surface area contributed by atoms with E-state index in [1.807, 2.05) is 39.8 Å². The van der Waals surface area contributed by atoms with E-state index in [2.05, 4.69) is 13.8 Å². The lowest BCUT2D eigenvalue weighted by Gasteiger charge is -2.18. The summed E-state index contributed by atoms with van der Waals surface area (Å²) in [6.07, 6.45) is 2.17. The van der Waals surface area contributed by atoms with Gasteiger partial charge in [-0.05, 0) is 44.4 Å². The highest BCUT2D eigenvalue weighted by molar-refractivity contribution is 6.33. The van der Waals surface area contributed by atoms with Crippen molar-refractivity contribution in [2.24, 2.45) is 0 Å². The zero-order valence-corrected chi connectivity index (χ0v) is 13.8. The third-order valence-electron chi connectivity index (χ3n) is 2.65. The van der Waals surface area contributed by atoms with E-state index >= 15 is 0 Å². The van der Waals surface area contributed by atoms with Gasteiger partial charge in [-0.2, -0.15) is 0 Å². The molecule has 110 valence electrons. The highest BCUT2D eigenvalue weighted by Gasteiger charge is 2.13. The van der Waals surface area contributed by atoms with Gasteiger partial charge in [0.2, 0.25) is 0 Å². The highest BCUT2D eigenvalue weighted by Crippen LogP contribution is 2.36. The van der Waals surface area contributed by atoms with Gasteiger partial charge in [0.25, 0.3) is 0 Å². The normalized spacial score (nSPS) is 9.89. The molecule has 0 bridgehead atoms. The van der Waals surface area contributed by atoms with E-state index in [0.717, 1.165) is 24.2 Å². The Balaban J connectivity index is 0.00000154. The van der Waals surface area contributed by atoms with Crippen LogP contribution in [0.1, 0.15) is 53.0 Å². The second kappa shape index (κ2) is 9.96. The summed E-state index contributed by atoms with van der Waals surface area (Å²) in [5, 5.41) is 0.573. The molecule has 0 N–H and O–H groups in total. The molecule has 0 unspecified atom stereocenters. The molecule has 0 saturated carbocycles. The molecule has 1 aromatic rings. The number of hydrogen-bond acceptors (Lipinski definition) is 2. The Morgan fingerprint density at radius 3 is 2.05 bits per heavy atom. The van der Waals surface area contributed by atoms with Crippen molar-refractivity contribution in [2.45, 2.75) is 60.5 Å². The maximum atomic E-state index is 6.27. The van der Waals surface area contributed by atoms with Gasteiger partial charge in [0.15, 0.2) is 0 Å². The van der Waals surface area contributed by atoms with Crippen LogP contribution in [0, 0.1) is 6.92 Å². The van der Waals surface area contributed by atoms with Crippen LogP contribution < -0.4 is 9.47 Å². The van der Waals surface area contributed by atoms with Crippen LogP contribution in [0.5, 0.6) is 11.5 Å². The van der Waals surface area contributed by atoms with Crippen molar-refractivity contribution in [3.63, 3.8) is 0 Å². The van der Waals surface area contributed by atoms with E-state index in [9.17, 15) is 0 Å². The maximum Gasteiger partial charge on any atom is 0.142 e. The van der Waals surface area contributed by atoms with Crippen LogP contribution in [0.3, 0.4) is 0 Å². The molecule has 2 nitrogen and oxygen atoms in total. The van der Waals surface area contributed by atoms with Gasteiger partial charge in [-0.15, -0.1) is 0 Å². The predicted octanol–water partition coefficient (Wildman–Crippen LogP) is 5.64. The molecule has 0 aliphatic rings. The molecule has 3 heteroatoms. The van der Waals surface area contributed by atoms with Crippen molar-refractivity contribution in [1.82, 2.24) is 0 Å². The number of hydrogen-bond donors (Lipinski definition) is 0. The van der Waals surface area contributed by atoms with Gasteiger partial charge in [0, 0.05) is 0 Å². The SMILES string of the molecule is CC.CCOc1cc(C)cc(OC(CC)CC)c1Cl. The Labute approximate surface area is 123 Å². The van der Waals surface area contributed by atoms with Crippen LogP contribution in [-0.2, 0) is 0 Å². The lowest BCUT2D eigenvalue weighted by Crippen LogP contribution is -2.14. The molecular formula is C16H27ClO2. The standard InChI is InChI=1S/C14H21ClO2.C2H6/c1-5-11(6-2)17-13-9-10(4)8-12(14(13)15)16-7-3;1-2/h8-9,11H,5-7H2,1-4H3;1-2H3. The monoisotopic (exact) mass is 286 g/mol. The fourth-order valence-electron chi connectivity index (χ4n) is 1.68. The largest absolute Gasteiger partial charge is 0.492 e. The van der Waals surface area contributed by atoms with Crippen molar-refractivity contribution < 1.29 is 9.47 Å². The Bertz CT molecular complexity index is 360. The number of benzene rings is 1. The summed E-state index contributed by atoms with van der Waals surface area (Å²) < 4.78 is 11.4. The molecule has 0 saturated heterocycles. The number of halogens is 1. The average Bonchev–Trinajstić information content (AvgIpc) is 2.43. The molecule has 0 amide bonds. The summed E-state index contributed by atoms with van der Waals surface area (Å²) in [5.74, 6) is 1.43. The summed E-state index contributed by atoms with van der Waals surface area (Å²) >= 11 is 6.27. The molecule has 0 atom stereocenters. The van der Waals surface area contributed by atoms with Gasteiger partial charge in [0.05, 0.1) is 12.7 Å². The molecule has 0 spiro atoms. The first-order valence-corrected chi connectivity index (χ1v) is 7.59. The minimum absolute atomic E-state index is 0.212. The van der Waals surface area contributed by atoms with Crippen LogP contribution in [0.4, 0.5) is 0 Å². The Morgan fingerprint density at radius 1 is 1.05 bits per heavy atom. The van der Waals surface area contributed by atoms with Crippen LogP contribution in [0.15, 0.2) is 12.1 Å². The maximum absolute atomic E-state index is 6.27. The molecular weight excluding hydrogens is 260 g/mol. The minimum Gasteiger partial charge on any atom is -0.492 e. The lowest BCUT2D eigenvalue weighted by atomic mass is 10.2. The first-order valence-electron chi connectivity index (χ1n) is 7.21. The first kappa shape index (κ1) is 18.1. The second-order valence-corrected chi connectivity index (χ2v) is 4.44. The zero-order chi connectivity index (χ0) is 14.8. The van der Waals surface area contributed by atoms with Gasteiger partial charge in [0.1, 0.15) is 16.5 Å². The molecule has 19 heavy (non-hydrogen) atoms. The molecule has 0 aliphatic heterocycles. The summed E-state index contributed by atoms with van der Waals surface area (Å²) in [6, 6.07) is 3.90. The van der Waals surface area contributed by atoms with Crippen LogP contribution in [0.25, 0.3) is 0 Å². The van der Waals surface area contributed by atoms with Crippen molar-refractivity contribution in [1.29, 1.82) is 0 Å². The van der Waals surface area contributed by atoms with E-state index in [-0.39, 0.29) is 6.10 Å². The fourth-order valence-corrected chi connectivity index (χ4v) is 1.89. The van der Waals surface area contributed by atoms with E-state index in [4.69, 9.17) is 21.1 Å². The Kier molecular flexibility index (Phi) is 9.50. The minimum atomic E-state index is 0.212. The summed E-state index contributed by atoms with van der Waals surface area (Å²) in [5.41, 5.74) is 1.10. The van der Waals surface area contributed by atoms with Gasteiger partial charge < -0.3 is 9.47 Å². The number of ether oxygens (including phenoxy) is 2. The molecule has 0 aliphatic carbocycles. The molecule has 0 heterocycles. The zero-order valence-electron chi connectivity index (χ0n) is 13.0. The molecule has 0 aromatic heterocycles. The predicted molar refractivity (Wildman–Crippen MR) is 83.7 cm³/mol. The fraction of sp³-hybridized carbons (Fsp3) is 0.625. The smallest absolute Gasteiger partial charge is 0.142 e. The van der Waals surface area contributed by atoms with E-state index in [1.54, 1.807) is 0 Å². The van der Waals surface area contributed by atoms with Gasteiger partial charge in [-0.25, -0.2) is 0 Å². The van der Waals surface area contributed by atoms with Crippen molar-refractivity contribution in [3.05, 3.63) is 22.7 Å². The second-order valence-electron chi connectivity index (χ2n) is 4.06. The number of rotatable bonds is 6. The molecule has 1 aromatic carbocycles. The quantitative estimate of drug-likeness (QED) is 0.673. The highest BCUT2D eigenvalue weighted by atomic mass is 35.5. The first-order chi connectivity index (χ1) is 9.12. The van der Waals surface area contributed by atoms with E-state index < -0.39 is 0 Å². The van der Waals surface area contributed by atoms with Gasteiger partial charge in [-0.3, -0.25) is 0 Å². The summed E-state index contributed by atoms with van der Waals surface area (Å²) in [6.45, 7) is 12.8. The Morgan fingerprint density at radius 2 is 1.58 bits per heavy atom.